The number of ether oxygens (including phenoxy) is 2. The van der Waals surface area contributed by atoms with Crippen LogP contribution in [-0.4, -0.2) is 23.5 Å². The van der Waals surface area contributed by atoms with E-state index in [1.54, 1.807) is 6.92 Å². The molecule has 0 aliphatic carbocycles. The van der Waals surface area contributed by atoms with E-state index in [1.165, 1.54) is 24.3 Å². The SMILES string of the molecule is CCCC(OC)(C(=O)c1cccc(Oc2ccc(C(F)(F)F)cc2Cl)c1)[N+](=O)[O-]. The normalized spacial score (nSPS) is 13.6. The number of nitro groups is 1. The maximum absolute atomic E-state index is 12.8. The Morgan fingerprint density at radius 2 is 1.90 bits per heavy atom. The number of halogens is 4. The first-order chi connectivity index (χ1) is 13.5. The van der Waals surface area contributed by atoms with Gasteiger partial charge in [-0.15, -0.1) is 0 Å². The number of benzene rings is 2. The van der Waals surface area contributed by atoms with E-state index >= 15 is 0 Å². The molecule has 0 radical (unpaired) electrons. The van der Waals surface area contributed by atoms with Gasteiger partial charge in [-0.1, -0.05) is 30.7 Å². The van der Waals surface area contributed by atoms with Crippen LogP contribution in [0.4, 0.5) is 13.2 Å². The van der Waals surface area contributed by atoms with Gasteiger partial charge in [-0.05, 0) is 36.8 Å². The Morgan fingerprint density at radius 3 is 2.41 bits per heavy atom. The van der Waals surface area contributed by atoms with Crippen molar-refractivity contribution in [3.05, 3.63) is 68.7 Å². The molecule has 0 saturated heterocycles. The Morgan fingerprint density at radius 1 is 1.21 bits per heavy atom. The first-order valence-corrected chi connectivity index (χ1v) is 8.82. The lowest BCUT2D eigenvalue weighted by Crippen LogP contribution is -2.48. The summed E-state index contributed by atoms with van der Waals surface area (Å²) in [4.78, 5) is 23.5. The highest BCUT2D eigenvalue weighted by atomic mass is 35.5. The molecule has 1 unspecified atom stereocenters. The van der Waals surface area contributed by atoms with E-state index in [2.05, 4.69) is 0 Å². The van der Waals surface area contributed by atoms with Gasteiger partial charge in [-0.3, -0.25) is 14.9 Å². The third-order valence-electron chi connectivity index (χ3n) is 4.16. The van der Waals surface area contributed by atoms with Crippen LogP contribution < -0.4 is 4.74 Å². The molecule has 0 N–H and O–H groups in total. The van der Waals surface area contributed by atoms with Crippen LogP contribution >= 0.6 is 11.6 Å². The van der Waals surface area contributed by atoms with Gasteiger partial charge in [0.15, 0.2) is 0 Å². The molecule has 0 aliphatic heterocycles. The molecule has 6 nitrogen and oxygen atoms in total. The second kappa shape index (κ2) is 8.79. The molecule has 0 bridgehead atoms. The summed E-state index contributed by atoms with van der Waals surface area (Å²) in [5.41, 5.74) is -3.22. The van der Waals surface area contributed by atoms with Crippen LogP contribution in [0.1, 0.15) is 35.7 Å². The van der Waals surface area contributed by atoms with Gasteiger partial charge in [0.25, 0.3) is 5.78 Å². The number of ketones is 1. The Balaban J connectivity index is 2.35. The zero-order valence-corrected chi connectivity index (χ0v) is 16.2. The van der Waals surface area contributed by atoms with E-state index < -0.39 is 28.2 Å². The van der Waals surface area contributed by atoms with Gasteiger partial charge in [0.2, 0.25) is 0 Å². The summed E-state index contributed by atoms with van der Waals surface area (Å²) in [6.07, 6.45) is -4.36. The van der Waals surface area contributed by atoms with Crippen molar-refractivity contribution in [1.29, 1.82) is 0 Å². The van der Waals surface area contributed by atoms with E-state index in [0.717, 1.165) is 25.3 Å². The first-order valence-electron chi connectivity index (χ1n) is 8.44. The molecule has 0 saturated carbocycles. The molecule has 10 heteroatoms. The van der Waals surface area contributed by atoms with Crippen LogP contribution in [0.15, 0.2) is 42.5 Å². The Bertz CT molecular complexity index is 919. The smallest absolute Gasteiger partial charge is 0.416 e. The predicted octanol–water partition coefficient (Wildman–Crippen LogP) is 5.75. The minimum Gasteiger partial charge on any atom is -0.456 e. The number of Topliss-reactive ketones (excluding diaryl/α,β-unsaturated/α-hetero) is 1. The van der Waals surface area contributed by atoms with Crippen LogP contribution in [0.5, 0.6) is 11.5 Å². The molecule has 0 aromatic heterocycles. The van der Waals surface area contributed by atoms with E-state index in [1.807, 2.05) is 0 Å². The highest BCUT2D eigenvalue weighted by Crippen LogP contribution is 2.36. The maximum atomic E-state index is 12.8. The average Bonchev–Trinajstić information content (AvgIpc) is 2.66. The van der Waals surface area contributed by atoms with Crippen molar-refractivity contribution in [3.8, 4) is 11.5 Å². The minimum absolute atomic E-state index is 0.0439. The molecule has 0 fully saturated rings. The van der Waals surface area contributed by atoms with Gasteiger partial charge in [-0.2, -0.15) is 13.2 Å². The van der Waals surface area contributed by atoms with Crippen LogP contribution in [0.25, 0.3) is 0 Å². The molecule has 2 aromatic carbocycles. The summed E-state index contributed by atoms with van der Waals surface area (Å²) in [6.45, 7) is 1.68. The van der Waals surface area contributed by atoms with Gasteiger partial charge in [0.05, 0.1) is 21.9 Å². The van der Waals surface area contributed by atoms with Crippen molar-refractivity contribution < 1.29 is 32.4 Å². The molecule has 2 rings (SSSR count). The fourth-order valence-electron chi connectivity index (χ4n) is 2.71. The van der Waals surface area contributed by atoms with Gasteiger partial charge in [-0.25, -0.2) is 0 Å². The molecular weight excluding hydrogens is 415 g/mol. The molecule has 29 heavy (non-hydrogen) atoms. The van der Waals surface area contributed by atoms with Crippen molar-refractivity contribution in [2.75, 3.05) is 7.11 Å². The van der Waals surface area contributed by atoms with Gasteiger partial charge < -0.3 is 9.47 Å². The Hall–Kier alpha value is -2.65. The van der Waals surface area contributed by atoms with Crippen LogP contribution in [0.3, 0.4) is 0 Å². The quantitative estimate of drug-likeness (QED) is 0.230. The standard InChI is InChI=1S/C19H17ClF3NO5/c1-3-9-18(28-2,24(26)27)17(25)12-5-4-6-14(10-12)29-16-8-7-13(11-15(16)20)19(21,22)23/h4-8,10-11H,3,9H2,1-2H3. The summed E-state index contributed by atoms with van der Waals surface area (Å²) >= 11 is 5.86. The molecule has 2 aromatic rings. The molecule has 0 aliphatic rings. The van der Waals surface area contributed by atoms with Crippen molar-refractivity contribution in [3.63, 3.8) is 0 Å². The van der Waals surface area contributed by atoms with Gasteiger partial charge in [0, 0.05) is 12.7 Å². The third kappa shape index (κ3) is 4.86. The number of methoxy groups -OCH3 is 1. The number of carbonyl (C=O) groups excluding carboxylic acids is 1. The van der Waals surface area contributed by atoms with Crippen molar-refractivity contribution >= 4 is 17.4 Å². The number of hydrogen-bond donors (Lipinski definition) is 0. The number of hydrogen-bond acceptors (Lipinski definition) is 5. The summed E-state index contributed by atoms with van der Waals surface area (Å²) < 4.78 is 48.6. The van der Waals surface area contributed by atoms with Crippen LogP contribution in [0.2, 0.25) is 5.02 Å². The largest absolute Gasteiger partial charge is 0.456 e. The van der Waals surface area contributed by atoms with E-state index in [4.69, 9.17) is 21.1 Å². The van der Waals surface area contributed by atoms with E-state index in [0.29, 0.717) is 6.42 Å². The topological polar surface area (TPSA) is 78.7 Å². The summed E-state index contributed by atoms with van der Waals surface area (Å²) in [5, 5.41) is 11.2. The lowest BCUT2D eigenvalue weighted by atomic mass is 9.96. The molecule has 0 spiro atoms. The number of nitrogens with zero attached hydrogens (tertiary/aromatic N) is 1. The predicted molar refractivity (Wildman–Crippen MR) is 98.9 cm³/mol. The molecular formula is C19H17ClF3NO5. The monoisotopic (exact) mass is 431 g/mol. The third-order valence-corrected chi connectivity index (χ3v) is 4.45. The summed E-state index contributed by atoms with van der Waals surface area (Å²) in [7, 11) is 1.08. The number of alkyl halides is 3. The summed E-state index contributed by atoms with van der Waals surface area (Å²) in [6, 6.07) is 8.03. The van der Waals surface area contributed by atoms with Crippen LogP contribution in [-0.2, 0) is 10.9 Å². The fourth-order valence-corrected chi connectivity index (χ4v) is 2.93. The molecule has 1 atom stereocenters. The van der Waals surface area contributed by atoms with Gasteiger partial charge in [0.1, 0.15) is 11.5 Å². The Labute approximate surface area is 169 Å². The fraction of sp³-hybridized carbons (Fsp3) is 0.316. The number of carbonyl (C=O) groups is 1. The number of rotatable bonds is 8. The summed E-state index contributed by atoms with van der Waals surface area (Å²) in [5.74, 6) is -0.858. The molecule has 0 amide bonds. The van der Waals surface area contributed by atoms with Gasteiger partial charge >= 0.3 is 11.9 Å². The highest BCUT2D eigenvalue weighted by molar-refractivity contribution is 6.32. The minimum atomic E-state index is -4.56. The Kier molecular flexibility index (Phi) is 6.86. The first kappa shape index (κ1) is 22.6. The zero-order chi connectivity index (χ0) is 21.8. The zero-order valence-electron chi connectivity index (χ0n) is 15.5. The van der Waals surface area contributed by atoms with Crippen molar-refractivity contribution in [1.82, 2.24) is 0 Å². The lowest BCUT2D eigenvalue weighted by molar-refractivity contribution is -0.605. The van der Waals surface area contributed by atoms with Crippen molar-refractivity contribution in [2.45, 2.75) is 31.7 Å². The van der Waals surface area contributed by atoms with E-state index in [9.17, 15) is 28.1 Å². The van der Waals surface area contributed by atoms with Crippen LogP contribution in [0, 0.1) is 10.1 Å². The lowest BCUT2D eigenvalue weighted by Gasteiger charge is -2.21. The maximum Gasteiger partial charge on any atom is 0.416 e. The average molecular weight is 432 g/mol. The second-order valence-electron chi connectivity index (χ2n) is 6.10. The molecule has 156 valence electrons. The molecule has 0 heterocycles. The van der Waals surface area contributed by atoms with Crippen molar-refractivity contribution in [2.24, 2.45) is 0 Å². The highest BCUT2D eigenvalue weighted by Gasteiger charge is 2.51. The second-order valence-corrected chi connectivity index (χ2v) is 6.50. The van der Waals surface area contributed by atoms with E-state index in [-0.39, 0.29) is 28.5 Å².